The van der Waals surface area contributed by atoms with Gasteiger partial charge in [0.15, 0.2) is 0 Å². The minimum atomic E-state index is 0.565. The smallest absolute Gasteiger partial charge is 0.0916 e. The van der Waals surface area contributed by atoms with E-state index in [0.29, 0.717) is 5.92 Å². The van der Waals surface area contributed by atoms with Gasteiger partial charge in [0.25, 0.3) is 0 Å². The molecule has 1 unspecified atom stereocenters. The lowest BCUT2D eigenvalue weighted by Gasteiger charge is -2.18. The van der Waals surface area contributed by atoms with Crippen LogP contribution < -0.4 is 0 Å². The maximum atomic E-state index is 4.77. The number of para-hydroxylation sites is 1. The average molecular weight is 212 g/mol. The predicted molar refractivity (Wildman–Crippen MR) is 68.6 cm³/mol. The topological polar surface area (TPSA) is 17.3 Å². The number of nitrogens with zero attached hydrogens (tertiary/aromatic N) is 2. The Morgan fingerprint density at radius 1 is 1.31 bits per heavy atom. The largest absolute Gasteiger partial charge is 0.346 e. The molecule has 0 saturated heterocycles. The third-order valence-corrected chi connectivity index (χ3v) is 3.70. The highest BCUT2D eigenvalue weighted by molar-refractivity contribution is 5.99. The molecule has 1 aliphatic heterocycles. The fourth-order valence-corrected chi connectivity index (χ4v) is 2.51. The highest BCUT2D eigenvalue weighted by Gasteiger charge is 2.22. The van der Waals surface area contributed by atoms with Crippen molar-refractivity contribution in [2.75, 3.05) is 0 Å². The zero-order valence-electron chi connectivity index (χ0n) is 9.99. The molecule has 2 aromatic rings. The summed E-state index contributed by atoms with van der Waals surface area (Å²) in [5.74, 6) is 0.565. The van der Waals surface area contributed by atoms with E-state index in [1.54, 1.807) is 0 Å². The summed E-state index contributed by atoms with van der Waals surface area (Å²) < 4.78 is 2.29. The van der Waals surface area contributed by atoms with E-state index < -0.39 is 0 Å². The van der Waals surface area contributed by atoms with Crippen LogP contribution in [0.4, 0.5) is 5.69 Å². The van der Waals surface area contributed by atoms with Gasteiger partial charge in [0, 0.05) is 23.8 Å². The van der Waals surface area contributed by atoms with Crippen molar-refractivity contribution in [1.82, 2.24) is 4.57 Å². The van der Waals surface area contributed by atoms with Crippen LogP contribution in [0.5, 0.6) is 0 Å². The van der Waals surface area contributed by atoms with E-state index in [1.165, 1.54) is 28.0 Å². The summed E-state index contributed by atoms with van der Waals surface area (Å²) in [6.07, 6.45) is 1.11. The Labute approximate surface area is 95.6 Å². The zero-order valence-corrected chi connectivity index (χ0v) is 9.99. The molecule has 0 fully saturated rings. The summed E-state index contributed by atoms with van der Waals surface area (Å²) >= 11 is 0. The highest BCUT2D eigenvalue weighted by atomic mass is 15.0. The molecule has 1 aromatic heterocycles. The molecule has 0 spiro atoms. The fourth-order valence-electron chi connectivity index (χ4n) is 2.51. The summed E-state index contributed by atoms with van der Waals surface area (Å²) in [7, 11) is 2.14. The molecule has 2 heterocycles. The Bertz CT molecular complexity index is 590. The fraction of sp³-hybridized carbons (Fsp3) is 0.357. The van der Waals surface area contributed by atoms with E-state index in [4.69, 9.17) is 4.99 Å². The van der Waals surface area contributed by atoms with Gasteiger partial charge in [0.05, 0.1) is 11.2 Å². The molecule has 0 radical (unpaired) electrons. The van der Waals surface area contributed by atoms with Crippen molar-refractivity contribution in [3.63, 3.8) is 0 Å². The van der Waals surface area contributed by atoms with Crippen molar-refractivity contribution in [1.29, 1.82) is 0 Å². The van der Waals surface area contributed by atoms with Gasteiger partial charge in [-0.25, -0.2) is 0 Å². The second-order valence-electron chi connectivity index (χ2n) is 4.73. The molecule has 16 heavy (non-hydrogen) atoms. The number of hydrogen-bond acceptors (Lipinski definition) is 1. The van der Waals surface area contributed by atoms with Gasteiger partial charge in [-0.2, -0.15) is 0 Å². The Morgan fingerprint density at radius 2 is 2.06 bits per heavy atom. The first-order chi connectivity index (χ1) is 7.68. The molecule has 82 valence electrons. The summed E-state index contributed by atoms with van der Waals surface area (Å²) in [6, 6.07) is 8.52. The molecule has 2 nitrogen and oxygen atoms in total. The summed E-state index contributed by atoms with van der Waals surface area (Å²) in [5.41, 5.74) is 5.11. The van der Waals surface area contributed by atoms with E-state index in [9.17, 15) is 0 Å². The molecule has 0 aliphatic carbocycles. The van der Waals surface area contributed by atoms with Gasteiger partial charge < -0.3 is 4.57 Å². The predicted octanol–water partition coefficient (Wildman–Crippen LogP) is 3.46. The second-order valence-corrected chi connectivity index (χ2v) is 4.73. The second kappa shape index (κ2) is 3.21. The van der Waals surface area contributed by atoms with Crippen LogP contribution in [0.15, 0.2) is 29.3 Å². The molecule has 0 amide bonds. The zero-order chi connectivity index (χ0) is 11.3. The molecule has 3 rings (SSSR count). The van der Waals surface area contributed by atoms with Gasteiger partial charge in [-0.1, -0.05) is 25.1 Å². The van der Waals surface area contributed by atoms with Crippen molar-refractivity contribution in [3.05, 3.63) is 30.0 Å². The van der Waals surface area contributed by atoms with Crippen molar-refractivity contribution in [2.45, 2.75) is 20.3 Å². The lowest BCUT2D eigenvalue weighted by Crippen LogP contribution is -2.15. The molecular weight excluding hydrogens is 196 g/mol. The Balaban J connectivity index is 2.39. The van der Waals surface area contributed by atoms with Crippen molar-refractivity contribution in [2.24, 2.45) is 18.0 Å². The van der Waals surface area contributed by atoms with E-state index in [2.05, 4.69) is 49.7 Å². The van der Waals surface area contributed by atoms with Crippen LogP contribution in [0.3, 0.4) is 0 Å². The maximum absolute atomic E-state index is 4.77. The number of fused-ring (bicyclic) bond motifs is 3. The monoisotopic (exact) mass is 212 g/mol. The minimum absolute atomic E-state index is 0.565. The number of hydrogen-bond donors (Lipinski definition) is 0. The lowest BCUT2D eigenvalue weighted by atomic mass is 9.97. The molecule has 0 bridgehead atoms. The Kier molecular flexibility index (Phi) is 1.93. The van der Waals surface area contributed by atoms with Crippen LogP contribution in [-0.4, -0.2) is 10.3 Å². The minimum Gasteiger partial charge on any atom is -0.346 e. The summed E-state index contributed by atoms with van der Waals surface area (Å²) in [5, 5.41) is 1.28. The molecule has 1 aromatic carbocycles. The maximum Gasteiger partial charge on any atom is 0.0916 e. The molecule has 2 heteroatoms. The van der Waals surface area contributed by atoms with Crippen LogP contribution >= 0.6 is 0 Å². The van der Waals surface area contributed by atoms with Gasteiger partial charge in [-0.05, 0) is 25.3 Å². The third-order valence-electron chi connectivity index (χ3n) is 3.70. The normalized spacial score (nSPS) is 19.7. The van der Waals surface area contributed by atoms with Crippen LogP contribution in [0.2, 0.25) is 0 Å². The number of aryl methyl sites for hydroxylation is 1. The van der Waals surface area contributed by atoms with Crippen molar-refractivity contribution in [3.8, 4) is 0 Å². The number of benzene rings is 1. The first-order valence-corrected chi connectivity index (χ1v) is 5.80. The molecular formula is C14H16N2. The Hall–Kier alpha value is -1.57. The quantitative estimate of drug-likeness (QED) is 0.636. The lowest BCUT2D eigenvalue weighted by molar-refractivity contribution is 0.700. The highest BCUT2D eigenvalue weighted by Crippen LogP contribution is 2.37. The summed E-state index contributed by atoms with van der Waals surface area (Å²) in [4.78, 5) is 4.77. The van der Waals surface area contributed by atoms with E-state index in [0.717, 1.165) is 6.42 Å². The first-order valence-electron chi connectivity index (χ1n) is 5.80. The van der Waals surface area contributed by atoms with Gasteiger partial charge in [0.1, 0.15) is 0 Å². The SMILES string of the molecule is CC1=Nc2c(n(C)c3ccccc23)CC1C. The van der Waals surface area contributed by atoms with Gasteiger partial charge in [0.2, 0.25) is 0 Å². The average Bonchev–Trinajstić information content (AvgIpc) is 2.55. The number of aliphatic imine (C=N–C) groups is 1. The molecule has 0 N–H and O–H groups in total. The number of rotatable bonds is 0. The van der Waals surface area contributed by atoms with Crippen LogP contribution in [-0.2, 0) is 13.5 Å². The third kappa shape index (κ3) is 1.16. The standard InChI is InChI=1S/C14H16N2/c1-9-8-13-14(15-10(9)2)11-6-4-5-7-12(11)16(13)3/h4-7,9H,8H2,1-3H3. The first kappa shape index (κ1) is 9.64. The van der Waals surface area contributed by atoms with Crippen molar-refractivity contribution >= 4 is 22.3 Å². The Morgan fingerprint density at radius 3 is 2.88 bits per heavy atom. The molecule has 1 aliphatic rings. The van der Waals surface area contributed by atoms with Gasteiger partial charge in [-0.3, -0.25) is 4.99 Å². The van der Waals surface area contributed by atoms with Crippen LogP contribution in [0, 0.1) is 5.92 Å². The summed E-state index contributed by atoms with van der Waals surface area (Å²) in [6.45, 7) is 4.38. The number of aromatic nitrogens is 1. The van der Waals surface area contributed by atoms with Crippen LogP contribution in [0.1, 0.15) is 19.5 Å². The van der Waals surface area contributed by atoms with Crippen LogP contribution in [0.25, 0.3) is 10.9 Å². The van der Waals surface area contributed by atoms with E-state index >= 15 is 0 Å². The van der Waals surface area contributed by atoms with E-state index in [1.807, 2.05) is 0 Å². The molecule has 1 atom stereocenters. The van der Waals surface area contributed by atoms with Gasteiger partial charge in [-0.15, -0.1) is 0 Å². The van der Waals surface area contributed by atoms with E-state index in [-0.39, 0.29) is 0 Å². The van der Waals surface area contributed by atoms with Crippen molar-refractivity contribution < 1.29 is 0 Å². The van der Waals surface area contributed by atoms with Gasteiger partial charge >= 0.3 is 0 Å². The molecule has 0 saturated carbocycles.